The maximum Gasteiger partial charge on any atom is 0.150 e. The van der Waals surface area contributed by atoms with Gasteiger partial charge >= 0.3 is 0 Å². The van der Waals surface area contributed by atoms with Crippen molar-refractivity contribution in [2.24, 2.45) is 0 Å². The van der Waals surface area contributed by atoms with Crippen molar-refractivity contribution in [3.05, 3.63) is 53.3 Å². The first-order chi connectivity index (χ1) is 9.29. The van der Waals surface area contributed by atoms with Gasteiger partial charge in [0.05, 0.1) is 6.61 Å². The molecule has 96 valence electrons. The minimum atomic E-state index is -0.396. The van der Waals surface area contributed by atoms with Crippen molar-refractivity contribution in [2.45, 2.75) is 12.8 Å². The fraction of sp³-hybridized carbons (Fsp3) is 0.188. The van der Waals surface area contributed by atoms with Gasteiger partial charge in [-0.15, -0.1) is 0 Å². The Labute approximate surface area is 110 Å². The highest BCUT2D eigenvalue weighted by Gasteiger charge is 2.17. The zero-order valence-electron chi connectivity index (χ0n) is 10.4. The van der Waals surface area contributed by atoms with E-state index in [1.165, 1.54) is 6.07 Å². The number of hydrogen-bond donors (Lipinski definition) is 0. The molecule has 19 heavy (non-hydrogen) atoms. The lowest BCUT2D eigenvalue weighted by Gasteiger charge is -2.20. The van der Waals surface area contributed by atoms with Crippen molar-refractivity contribution >= 4 is 6.29 Å². The summed E-state index contributed by atoms with van der Waals surface area (Å²) in [6.07, 6.45) is 2.59. The lowest BCUT2D eigenvalue weighted by atomic mass is 9.97. The summed E-state index contributed by atoms with van der Waals surface area (Å²) in [5.74, 6) is 0.374. The zero-order valence-corrected chi connectivity index (χ0v) is 10.4. The summed E-state index contributed by atoms with van der Waals surface area (Å²) in [5.41, 5.74) is 2.69. The van der Waals surface area contributed by atoms with E-state index in [0.717, 1.165) is 29.7 Å². The summed E-state index contributed by atoms with van der Waals surface area (Å²) < 4.78 is 19.8. The number of aryl methyl sites for hydroxylation is 1. The van der Waals surface area contributed by atoms with Crippen molar-refractivity contribution in [1.82, 2.24) is 0 Å². The predicted octanol–water partition coefficient (Wildman–Crippen LogP) is 3.63. The van der Waals surface area contributed by atoms with Crippen LogP contribution in [0.2, 0.25) is 0 Å². The topological polar surface area (TPSA) is 26.3 Å². The third-order valence-electron chi connectivity index (χ3n) is 3.35. The molecule has 0 amide bonds. The molecule has 1 heterocycles. The van der Waals surface area contributed by atoms with Crippen molar-refractivity contribution in [3.63, 3.8) is 0 Å². The van der Waals surface area contributed by atoms with E-state index in [1.807, 2.05) is 18.2 Å². The minimum Gasteiger partial charge on any atom is -0.493 e. The van der Waals surface area contributed by atoms with Crippen molar-refractivity contribution in [3.8, 4) is 16.9 Å². The predicted molar refractivity (Wildman–Crippen MR) is 71.0 cm³/mol. The number of para-hydroxylation sites is 1. The van der Waals surface area contributed by atoms with Crippen LogP contribution in [0, 0.1) is 5.82 Å². The fourth-order valence-electron chi connectivity index (χ4n) is 2.42. The summed E-state index contributed by atoms with van der Waals surface area (Å²) in [6.45, 7) is 0.665. The van der Waals surface area contributed by atoms with Crippen LogP contribution in [0.5, 0.6) is 5.75 Å². The second-order valence-electron chi connectivity index (χ2n) is 4.60. The maximum atomic E-state index is 14.1. The fourth-order valence-corrected chi connectivity index (χ4v) is 2.42. The molecular weight excluding hydrogens is 243 g/mol. The number of aldehydes is 1. The molecule has 2 aromatic rings. The highest BCUT2D eigenvalue weighted by molar-refractivity contribution is 5.79. The number of benzene rings is 2. The van der Waals surface area contributed by atoms with Gasteiger partial charge in [-0.25, -0.2) is 4.39 Å². The third-order valence-corrected chi connectivity index (χ3v) is 3.35. The van der Waals surface area contributed by atoms with E-state index < -0.39 is 5.82 Å². The normalized spacial score (nSPS) is 13.5. The molecule has 0 fully saturated rings. The Morgan fingerprint density at radius 2 is 2.05 bits per heavy atom. The van der Waals surface area contributed by atoms with Crippen LogP contribution in [-0.4, -0.2) is 12.9 Å². The number of ether oxygens (including phenoxy) is 1. The first-order valence-corrected chi connectivity index (χ1v) is 6.29. The smallest absolute Gasteiger partial charge is 0.150 e. The largest absolute Gasteiger partial charge is 0.493 e. The van der Waals surface area contributed by atoms with Crippen molar-refractivity contribution < 1.29 is 13.9 Å². The van der Waals surface area contributed by atoms with E-state index in [0.29, 0.717) is 24.0 Å². The maximum absolute atomic E-state index is 14.1. The highest BCUT2D eigenvalue weighted by Crippen LogP contribution is 2.37. The van der Waals surface area contributed by atoms with Gasteiger partial charge in [-0.2, -0.15) is 0 Å². The second-order valence-corrected chi connectivity index (χ2v) is 4.60. The van der Waals surface area contributed by atoms with Gasteiger partial charge in [0.15, 0.2) is 0 Å². The average Bonchev–Trinajstić information content (AvgIpc) is 2.46. The van der Waals surface area contributed by atoms with Gasteiger partial charge in [-0.1, -0.05) is 30.3 Å². The molecular formula is C16H13FO2. The molecule has 3 rings (SSSR count). The van der Waals surface area contributed by atoms with Gasteiger partial charge in [-0.05, 0) is 24.5 Å². The van der Waals surface area contributed by atoms with Crippen LogP contribution in [0.15, 0.2) is 36.4 Å². The summed E-state index contributed by atoms with van der Waals surface area (Å²) in [5, 5.41) is 0. The van der Waals surface area contributed by atoms with E-state index >= 15 is 0 Å². The van der Waals surface area contributed by atoms with E-state index in [2.05, 4.69) is 0 Å². The van der Waals surface area contributed by atoms with Gasteiger partial charge in [0.1, 0.15) is 17.9 Å². The van der Waals surface area contributed by atoms with Crippen LogP contribution in [0.4, 0.5) is 4.39 Å². The first kappa shape index (κ1) is 11.9. The van der Waals surface area contributed by atoms with Crippen LogP contribution in [0.1, 0.15) is 22.3 Å². The van der Waals surface area contributed by atoms with Crippen molar-refractivity contribution in [1.29, 1.82) is 0 Å². The molecule has 0 saturated heterocycles. The lowest BCUT2D eigenvalue weighted by Crippen LogP contribution is -2.09. The van der Waals surface area contributed by atoms with E-state index in [4.69, 9.17) is 4.74 Å². The van der Waals surface area contributed by atoms with E-state index in [-0.39, 0.29) is 0 Å². The Hall–Kier alpha value is -2.16. The Morgan fingerprint density at radius 1 is 1.16 bits per heavy atom. The lowest BCUT2D eigenvalue weighted by molar-refractivity contribution is 0.112. The number of halogens is 1. The van der Waals surface area contributed by atoms with Gasteiger partial charge < -0.3 is 4.74 Å². The summed E-state index contributed by atoms with van der Waals surface area (Å²) in [4.78, 5) is 10.6. The molecule has 0 aliphatic carbocycles. The molecule has 0 unspecified atom stereocenters. The van der Waals surface area contributed by atoms with Crippen molar-refractivity contribution in [2.75, 3.05) is 6.61 Å². The number of carbonyl (C=O) groups excluding carboxylic acids is 1. The van der Waals surface area contributed by atoms with Gasteiger partial charge in [0.2, 0.25) is 0 Å². The third kappa shape index (κ3) is 2.12. The quantitative estimate of drug-likeness (QED) is 0.767. The molecule has 0 spiro atoms. The molecule has 2 aromatic carbocycles. The van der Waals surface area contributed by atoms with Crippen LogP contribution in [0.3, 0.4) is 0 Å². The Bertz CT molecular complexity index is 635. The Balaban J connectivity index is 2.14. The summed E-state index contributed by atoms with van der Waals surface area (Å²) >= 11 is 0. The first-order valence-electron chi connectivity index (χ1n) is 6.29. The number of hydrogen-bond acceptors (Lipinski definition) is 2. The highest BCUT2D eigenvalue weighted by atomic mass is 19.1. The molecule has 0 aromatic heterocycles. The minimum absolute atomic E-state index is 0.340. The second kappa shape index (κ2) is 4.84. The number of rotatable bonds is 2. The molecule has 1 aliphatic heterocycles. The number of carbonyl (C=O) groups is 1. The summed E-state index contributed by atoms with van der Waals surface area (Å²) in [7, 11) is 0. The van der Waals surface area contributed by atoms with Crippen LogP contribution < -0.4 is 4.74 Å². The molecule has 3 heteroatoms. The standard InChI is InChI=1S/C16H13FO2/c17-15-9-11(10-18)6-7-13(15)14-5-1-3-12-4-2-8-19-16(12)14/h1,3,5-7,9-10H,2,4,8H2. The van der Waals surface area contributed by atoms with Crippen LogP contribution in [-0.2, 0) is 6.42 Å². The zero-order chi connectivity index (χ0) is 13.2. The molecule has 0 radical (unpaired) electrons. The molecule has 0 saturated carbocycles. The van der Waals surface area contributed by atoms with E-state index in [1.54, 1.807) is 12.1 Å². The summed E-state index contributed by atoms with van der Waals surface area (Å²) in [6, 6.07) is 10.3. The van der Waals surface area contributed by atoms with Gasteiger partial charge in [0.25, 0.3) is 0 Å². The molecule has 1 aliphatic rings. The SMILES string of the molecule is O=Cc1ccc(-c2cccc3c2OCCC3)c(F)c1. The monoisotopic (exact) mass is 256 g/mol. The molecule has 2 nitrogen and oxygen atoms in total. The molecule has 0 bridgehead atoms. The van der Waals surface area contributed by atoms with E-state index in [9.17, 15) is 9.18 Å². The van der Waals surface area contributed by atoms with Gasteiger partial charge in [-0.3, -0.25) is 4.79 Å². The molecule has 0 atom stereocenters. The van der Waals surface area contributed by atoms with Crippen LogP contribution >= 0.6 is 0 Å². The Kier molecular flexibility index (Phi) is 3.03. The number of fused-ring (bicyclic) bond motifs is 1. The molecule has 0 N–H and O–H groups in total. The van der Waals surface area contributed by atoms with Gasteiger partial charge in [0, 0.05) is 16.7 Å². The average molecular weight is 256 g/mol. The van der Waals surface area contributed by atoms with Crippen LogP contribution in [0.25, 0.3) is 11.1 Å². The Morgan fingerprint density at radius 3 is 2.84 bits per heavy atom.